The summed E-state index contributed by atoms with van der Waals surface area (Å²) in [5, 5.41) is 8.38. The molecule has 12 heavy (non-hydrogen) atoms. The fraction of sp³-hybridized carbons (Fsp3) is 0.333. The number of nitriles is 1. The lowest BCUT2D eigenvalue weighted by Crippen LogP contribution is -1.92. The van der Waals surface area contributed by atoms with Crippen molar-refractivity contribution in [3.63, 3.8) is 0 Å². The minimum atomic E-state index is 0.368. The highest BCUT2D eigenvalue weighted by Crippen LogP contribution is 2.01. The van der Waals surface area contributed by atoms with Gasteiger partial charge in [0.25, 0.3) is 0 Å². The number of hydrogen-bond acceptors (Lipinski definition) is 3. The van der Waals surface area contributed by atoms with Gasteiger partial charge in [-0.2, -0.15) is 5.26 Å². The molecule has 0 bridgehead atoms. The number of pyridine rings is 1. The molecule has 1 heterocycles. The van der Waals surface area contributed by atoms with Gasteiger partial charge < -0.3 is 4.74 Å². The monoisotopic (exact) mass is 162 g/mol. The van der Waals surface area contributed by atoms with Gasteiger partial charge >= 0.3 is 0 Å². The summed E-state index contributed by atoms with van der Waals surface area (Å²) in [4.78, 5) is 4.08. The van der Waals surface area contributed by atoms with Crippen molar-refractivity contribution in [3.8, 4) is 6.07 Å². The third-order valence-corrected chi connectivity index (χ3v) is 1.46. The van der Waals surface area contributed by atoms with E-state index in [1.54, 1.807) is 13.3 Å². The summed E-state index contributed by atoms with van der Waals surface area (Å²) in [5.74, 6) is 0. The Bertz CT molecular complexity index is 274. The molecule has 0 amide bonds. The van der Waals surface area contributed by atoms with Crippen molar-refractivity contribution >= 4 is 0 Å². The summed E-state index contributed by atoms with van der Waals surface area (Å²) in [6.07, 6.45) is 2.10. The Morgan fingerprint density at radius 1 is 1.58 bits per heavy atom. The molecule has 0 spiro atoms. The van der Waals surface area contributed by atoms with Crippen LogP contribution in [-0.4, -0.2) is 12.1 Å². The fourth-order valence-corrected chi connectivity index (χ4v) is 0.893. The summed E-state index contributed by atoms with van der Waals surface area (Å²) in [5.41, 5.74) is 1.83. The van der Waals surface area contributed by atoms with Crippen LogP contribution in [-0.2, 0) is 17.8 Å². The van der Waals surface area contributed by atoms with Crippen molar-refractivity contribution in [2.75, 3.05) is 7.11 Å². The molecule has 1 rings (SSSR count). The van der Waals surface area contributed by atoms with Crippen LogP contribution >= 0.6 is 0 Å². The van der Waals surface area contributed by atoms with Gasteiger partial charge in [0.2, 0.25) is 0 Å². The first-order valence-electron chi connectivity index (χ1n) is 3.66. The molecule has 1 aromatic heterocycles. The average Bonchev–Trinajstić information content (AvgIpc) is 2.09. The minimum absolute atomic E-state index is 0.368. The number of hydrogen-bond donors (Lipinski definition) is 0. The molecule has 0 aliphatic rings. The second-order valence-corrected chi connectivity index (χ2v) is 2.43. The molecule has 3 nitrogen and oxygen atoms in total. The zero-order valence-corrected chi connectivity index (χ0v) is 6.95. The Kier molecular flexibility index (Phi) is 3.24. The van der Waals surface area contributed by atoms with E-state index in [0.29, 0.717) is 13.0 Å². The molecule has 62 valence electrons. The highest BCUT2D eigenvalue weighted by Gasteiger charge is 1.94. The van der Waals surface area contributed by atoms with Crippen molar-refractivity contribution in [2.24, 2.45) is 0 Å². The average molecular weight is 162 g/mol. The standard InChI is InChI=1S/C9H10N2O/c1-12-7-8-2-3-9(4-5-10)11-6-8/h2-3,6H,4,7H2,1H3. The highest BCUT2D eigenvalue weighted by atomic mass is 16.5. The van der Waals surface area contributed by atoms with Crippen LogP contribution in [0, 0.1) is 11.3 Å². The first kappa shape index (κ1) is 8.69. The number of rotatable bonds is 3. The first-order chi connectivity index (χ1) is 5.86. The maximum absolute atomic E-state index is 8.38. The van der Waals surface area contributed by atoms with Crippen LogP contribution in [0.5, 0.6) is 0 Å². The molecular weight excluding hydrogens is 152 g/mol. The molecule has 0 radical (unpaired) electrons. The zero-order chi connectivity index (χ0) is 8.81. The molecule has 0 aromatic carbocycles. The SMILES string of the molecule is COCc1ccc(CC#N)nc1. The van der Waals surface area contributed by atoms with Crippen molar-refractivity contribution in [2.45, 2.75) is 13.0 Å². The predicted molar refractivity (Wildman–Crippen MR) is 44.3 cm³/mol. The second kappa shape index (κ2) is 4.47. The summed E-state index contributed by atoms with van der Waals surface area (Å²) < 4.78 is 4.92. The molecular formula is C9H10N2O. The first-order valence-corrected chi connectivity index (χ1v) is 3.66. The maximum atomic E-state index is 8.38. The van der Waals surface area contributed by atoms with E-state index >= 15 is 0 Å². The Labute approximate surface area is 71.6 Å². The predicted octanol–water partition coefficient (Wildman–Crippen LogP) is 1.29. The van der Waals surface area contributed by atoms with Crippen molar-refractivity contribution in [1.29, 1.82) is 5.26 Å². The summed E-state index contributed by atoms with van der Waals surface area (Å²) >= 11 is 0. The van der Waals surface area contributed by atoms with Gasteiger partial charge in [0, 0.05) is 13.3 Å². The van der Waals surface area contributed by atoms with Crippen molar-refractivity contribution < 1.29 is 4.74 Å². The molecule has 0 aliphatic heterocycles. The van der Waals surface area contributed by atoms with Crippen LogP contribution in [0.3, 0.4) is 0 Å². The third kappa shape index (κ3) is 2.33. The van der Waals surface area contributed by atoms with Gasteiger partial charge in [0.1, 0.15) is 0 Å². The molecule has 0 unspecified atom stereocenters. The Balaban J connectivity index is 2.66. The van der Waals surface area contributed by atoms with Gasteiger partial charge in [-0.1, -0.05) is 6.07 Å². The molecule has 0 saturated heterocycles. The second-order valence-electron chi connectivity index (χ2n) is 2.43. The van der Waals surface area contributed by atoms with Gasteiger partial charge in [-0.25, -0.2) is 0 Å². The van der Waals surface area contributed by atoms with Crippen LogP contribution in [0.15, 0.2) is 18.3 Å². The molecule has 1 aromatic rings. The Morgan fingerprint density at radius 3 is 2.92 bits per heavy atom. The van der Waals surface area contributed by atoms with Crippen LogP contribution in [0.1, 0.15) is 11.3 Å². The van der Waals surface area contributed by atoms with E-state index in [9.17, 15) is 0 Å². The number of aromatic nitrogens is 1. The smallest absolute Gasteiger partial charge is 0.0774 e. The maximum Gasteiger partial charge on any atom is 0.0774 e. The molecule has 3 heteroatoms. The number of nitrogens with zero attached hydrogens (tertiary/aromatic N) is 2. The van der Waals surface area contributed by atoms with E-state index in [1.165, 1.54) is 0 Å². The van der Waals surface area contributed by atoms with Gasteiger partial charge in [-0.15, -0.1) is 0 Å². The largest absolute Gasteiger partial charge is 0.380 e. The normalized spacial score (nSPS) is 9.33. The van der Waals surface area contributed by atoms with Gasteiger partial charge in [-0.05, 0) is 11.6 Å². The van der Waals surface area contributed by atoms with E-state index in [0.717, 1.165) is 11.3 Å². The van der Waals surface area contributed by atoms with Crippen LogP contribution in [0.4, 0.5) is 0 Å². The van der Waals surface area contributed by atoms with E-state index in [1.807, 2.05) is 18.2 Å². The summed E-state index contributed by atoms with van der Waals surface area (Å²) in [7, 11) is 1.64. The molecule has 0 fully saturated rings. The lowest BCUT2D eigenvalue weighted by Gasteiger charge is -1.98. The molecule has 0 atom stereocenters. The van der Waals surface area contributed by atoms with E-state index < -0.39 is 0 Å². The van der Waals surface area contributed by atoms with E-state index in [-0.39, 0.29) is 0 Å². The molecule has 0 aliphatic carbocycles. The molecule has 0 N–H and O–H groups in total. The number of methoxy groups -OCH3 is 1. The van der Waals surface area contributed by atoms with Crippen LogP contribution < -0.4 is 0 Å². The van der Waals surface area contributed by atoms with Gasteiger partial charge in [-0.3, -0.25) is 4.98 Å². The number of ether oxygens (including phenoxy) is 1. The van der Waals surface area contributed by atoms with Gasteiger partial charge in [0.15, 0.2) is 0 Å². The summed E-state index contributed by atoms with van der Waals surface area (Å²) in [6, 6.07) is 5.81. The fourth-order valence-electron chi connectivity index (χ4n) is 0.893. The van der Waals surface area contributed by atoms with Crippen LogP contribution in [0.25, 0.3) is 0 Å². The Morgan fingerprint density at radius 2 is 2.42 bits per heavy atom. The quantitative estimate of drug-likeness (QED) is 0.672. The van der Waals surface area contributed by atoms with E-state index in [2.05, 4.69) is 4.98 Å². The topological polar surface area (TPSA) is 45.9 Å². The Hall–Kier alpha value is -1.40. The van der Waals surface area contributed by atoms with E-state index in [4.69, 9.17) is 10.00 Å². The van der Waals surface area contributed by atoms with Crippen molar-refractivity contribution in [1.82, 2.24) is 4.98 Å². The highest BCUT2D eigenvalue weighted by molar-refractivity contribution is 5.15. The minimum Gasteiger partial charge on any atom is -0.380 e. The van der Waals surface area contributed by atoms with Gasteiger partial charge in [0.05, 0.1) is 24.8 Å². The molecule has 0 saturated carbocycles. The van der Waals surface area contributed by atoms with Crippen LogP contribution in [0.2, 0.25) is 0 Å². The lowest BCUT2D eigenvalue weighted by atomic mass is 10.2. The third-order valence-electron chi connectivity index (χ3n) is 1.46. The summed E-state index contributed by atoms with van der Waals surface area (Å²) in [6.45, 7) is 0.569. The van der Waals surface area contributed by atoms with Crippen molar-refractivity contribution in [3.05, 3.63) is 29.6 Å². The zero-order valence-electron chi connectivity index (χ0n) is 6.95. The lowest BCUT2D eigenvalue weighted by molar-refractivity contribution is 0.184.